The van der Waals surface area contributed by atoms with Crippen LogP contribution in [-0.4, -0.2) is 35.5 Å². The molecule has 2 rings (SSSR count). The van der Waals surface area contributed by atoms with Crippen molar-refractivity contribution in [3.05, 3.63) is 11.3 Å². The van der Waals surface area contributed by atoms with Gasteiger partial charge in [-0.1, -0.05) is 11.6 Å². The fourth-order valence-corrected chi connectivity index (χ4v) is 2.24. The number of nitrogens with one attached hydrogen (secondary N) is 1. The lowest BCUT2D eigenvalue weighted by molar-refractivity contribution is -0.121. The molecule has 1 saturated heterocycles. The van der Waals surface area contributed by atoms with Crippen LogP contribution >= 0.6 is 11.6 Å². The van der Waals surface area contributed by atoms with Gasteiger partial charge in [0.1, 0.15) is 23.2 Å². The number of carbonyl (C=O) groups is 1. The number of aromatic nitrogens is 2. The highest BCUT2D eigenvalue weighted by molar-refractivity contribution is 6.35. The standard InChI is InChI=1S/C10H14ClN5O/c1-13-10(17)6-3-2-4-16(6)9-7(11)8(12)14-5-15-9/h5-6H,2-4H2,1H3,(H,13,17)(H2,12,14,15). The van der Waals surface area contributed by atoms with Crippen molar-refractivity contribution in [2.45, 2.75) is 18.9 Å². The molecular formula is C10H14ClN5O. The molecule has 2 heterocycles. The molecule has 0 aliphatic carbocycles. The number of rotatable bonds is 2. The van der Waals surface area contributed by atoms with Crippen LogP contribution < -0.4 is 16.0 Å². The lowest BCUT2D eigenvalue weighted by atomic mass is 10.2. The molecule has 0 bridgehead atoms. The van der Waals surface area contributed by atoms with Crippen molar-refractivity contribution in [1.82, 2.24) is 15.3 Å². The van der Waals surface area contributed by atoms with Crippen LogP contribution in [0.2, 0.25) is 5.02 Å². The minimum atomic E-state index is -0.230. The summed E-state index contributed by atoms with van der Waals surface area (Å²) >= 11 is 6.06. The molecule has 1 aromatic rings. The number of nitrogens with zero attached hydrogens (tertiary/aromatic N) is 3. The van der Waals surface area contributed by atoms with Crippen molar-refractivity contribution in [2.75, 3.05) is 24.2 Å². The second-order valence-electron chi connectivity index (χ2n) is 3.86. The number of carbonyl (C=O) groups excluding carboxylic acids is 1. The molecule has 1 aliphatic heterocycles. The third-order valence-electron chi connectivity index (χ3n) is 2.87. The lowest BCUT2D eigenvalue weighted by Gasteiger charge is -2.25. The van der Waals surface area contributed by atoms with Crippen LogP contribution in [0.5, 0.6) is 0 Å². The number of anilines is 2. The molecule has 0 radical (unpaired) electrons. The van der Waals surface area contributed by atoms with Crippen molar-refractivity contribution in [3.63, 3.8) is 0 Å². The third kappa shape index (κ3) is 2.12. The van der Waals surface area contributed by atoms with Gasteiger partial charge in [0.2, 0.25) is 5.91 Å². The minimum absolute atomic E-state index is 0.0317. The van der Waals surface area contributed by atoms with E-state index in [0.717, 1.165) is 19.4 Å². The molecule has 1 unspecified atom stereocenters. The van der Waals surface area contributed by atoms with Gasteiger partial charge in [-0.05, 0) is 12.8 Å². The molecule has 17 heavy (non-hydrogen) atoms. The predicted molar refractivity (Wildman–Crippen MR) is 65.9 cm³/mol. The van der Waals surface area contributed by atoms with Gasteiger partial charge >= 0.3 is 0 Å². The van der Waals surface area contributed by atoms with Crippen LogP contribution in [-0.2, 0) is 4.79 Å². The van der Waals surface area contributed by atoms with E-state index in [9.17, 15) is 4.79 Å². The summed E-state index contributed by atoms with van der Waals surface area (Å²) in [6.45, 7) is 0.744. The van der Waals surface area contributed by atoms with E-state index in [0.29, 0.717) is 10.8 Å². The molecule has 1 aliphatic rings. The Labute approximate surface area is 104 Å². The van der Waals surface area contributed by atoms with E-state index in [1.807, 2.05) is 4.90 Å². The van der Waals surface area contributed by atoms with Gasteiger partial charge < -0.3 is 16.0 Å². The number of likely N-dealkylation sites (N-methyl/N-ethyl adjacent to an activating group) is 1. The Kier molecular flexibility index (Phi) is 3.33. The van der Waals surface area contributed by atoms with E-state index in [1.54, 1.807) is 7.05 Å². The average molecular weight is 256 g/mol. The van der Waals surface area contributed by atoms with Crippen LogP contribution in [0.25, 0.3) is 0 Å². The summed E-state index contributed by atoms with van der Waals surface area (Å²) < 4.78 is 0. The zero-order valence-electron chi connectivity index (χ0n) is 9.48. The first kappa shape index (κ1) is 11.9. The van der Waals surface area contributed by atoms with Crippen molar-refractivity contribution in [2.24, 2.45) is 0 Å². The SMILES string of the molecule is CNC(=O)C1CCCN1c1ncnc(N)c1Cl. The average Bonchev–Trinajstić information content (AvgIpc) is 2.80. The number of amides is 1. The van der Waals surface area contributed by atoms with Gasteiger partial charge in [0.25, 0.3) is 0 Å². The Morgan fingerprint density at radius 1 is 1.65 bits per heavy atom. The van der Waals surface area contributed by atoms with Gasteiger partial charge in [-0.15, -0.1) is 0 Å². The van der Waals surface area contributed by atoms with E-state index >= 15 is 0 Å². The maximum Gasteiger partial charge on any atom is 0.242 e. The van der Waals surface area contributed by atoms with Crippen molar-refractivity contribution >= 4 is 29.1 Å². The van der Waals surface area contributed by atoms with Gasteiger partial charge in [-0.3, -0.25) is 4.79 Å². The van der Waals surface area contributed by atoms with E-state index in [4.69, 9.17) is 17.3 Å². The van der Waals surface area contributed by atoms with Gasteiger partial charge in [0.05, 0.1) is 0 Å². The Morgan fingerprint density at radius 2 is 2.41 bits per heavy atom. The summed E-state index contributed by atoms with van der Waals surface area (Å²) in [6.07, 6.45) is 3.08. The van der Waals surface area contributed by atoms with Crippen LogP contribution in [0.15, 0.2) is 6.33 Å². The Hall–Kier alpha value is -1.56. The normalized spacial score (nSPS) is 19.4. The van der Waals surface area contributed by atoms with Crippen LogP contribution in [0.3, 0.4) is 0 Å². The quantitative estimate of drug-likeness (QED) is 0.801. The van der Waals surface area contributed by atoms with Gasteiger partial charge in [0, 0.05) is 13.6 Å². The maximum absolute atomic E-state index is 11.7. The number of nitrogens with two attached hydrogens (primary N) is 1. The van der Waals surface area contributed by atoms with E-state index in [1.165, 1.54) is 6.33 Å². The molecule has 1 amide bonds. The second kappa shape index (κ2) is 4.75. The number of hydrogen-bond donors (Lipinski definition) is 2. The largest absolute Gasteiger partial charge is 0.382 e. The monoisotopic (exact) mass is 255 g/mol. The van der Waals surface area contributed by atoms with Gasteiger partial charge in [-0.25, -0.2) is 9.97 Å². The van der Waals surface area contributed by atoms with E-state index in [-0.39, 0.29) is 17.8 Å². The van der Waals surface area contributed by atoms with Gasteiger partial charge in [0.15, 0.2) is 5.82 Å². The van der Waals surface area contributed by atoms with Gasteiger partial charge in [-0.2, -0.15) is 0 Å². The third-order valence-corrected chi connectivity index (χ3v) is 3.23. The molecular weight excluding hydrogens is 242 g/mol. The second-order valence-corrected chi connectivity index (χ2v) is 4.24. The van der Waals surface area contributed by atoms with E-state index in [2.05, 4.69) is 15.3 Å². The summed E-state index contributed by atoms with van der Waals surface area (Å²) in [5.41, 5.74) is 5.63. The fourth-order valence-electron chi connectivity index (χ4n) is 2.03. The van der Waals surface area contributed by atoms with Crippen LogP contribution in [0.1, 0.15) is 12.8 Å². The molecule has 1 atom stereocenters. The zero-order valence-corrected chi connectivity index (χ0v) is 10.2. The molecule has 7 heteroatoms. The Bertz CT molecular complexity index is 439. The first-order valence-electron chi connectivity index (χ1n) is 5.39. The fraction of sp³-hybridized carbons (Fsp3) is 0.500. The summed E-state index contributed by atoms with van der Waals surface area (Å²) in [7, 11) is 1.62. The predicted octanol–water partition coefficient (Wildman–Crippen LogP) is 0.427. The van der Waals surface area contributed by atoms with Crippen molar-refractivity contribution in [1.29, 1.82) is 0 Å². The smallest absolute Gasteiger partial charge is 0.242 e. The van der Waals surface area contributed by atoms with Crippen molar-refractivity contribution < 1.29 is 4.79 Å². The van der Waals surface area contributed by atoms with E-state index < -0.39 is 0 Å². The van der Waals surface area contributed by atoms with Crippen LogP contribution in [0, 0.1) is 0 Å². The summed E-state index contributed by atoms with van der Waals surface area (Å²) in [5.74, 6) is 0.736. The number of nitrogen functional groups attached to an aromatic ring is 1. The molecule has 1 aromatic heterocycles. The summed E-state index contributed by atoms with van der Waals surface area (Å²) in [5, 5.41) is 2.95. The summed E-state index contributed by atoms with van der Waals surface area (Å²) in [6, 6.07) is -0.230. The number of halogens is 1. The molecule has 1 fully saturated rings. The van der Waals surface area contributed by atoms with Crippen LogP contribution in [0.4, 0.5) is 11.6 Å². The highest BCUT2D eigenvalue weighted by atomic mass is 35.5. The van der Waals surface area contributed by atoms with Crippen molar-refractivity contribution in [3.8, 4) is 0 Å². The Balaban J connectivity index is 2.32. The highest BCUT2D eigenvalue weighted by Gasteiger charge is 2.32. The molecule has 0 spiro atoms. The summed E-state index contributed by atoms with van der Waals surface area (Å²) in [4.78, 5) is 21.5. The molecule has 92 valence electrons. The molecule has 0 aromatic carbocycles. The zero-order chi connectivity index (χ0) is 12.4. The Morgan fingerprint density at radius 3 is 3.12 bits per heavy atom. The lowest BCUT2D eigenvalue weighted by Crippen LogP contribution is -2.42. The molecule has 3 N–H and O–H groups in total. The number of hydrogen-bond acceptors (Lipinski definition) is 5. The molecule has 6 nitrogen and oxygen atoms in total. The minimum Gasteiger partial charge on any atom is -0.382 e. The molecule has 0 saturated carbocycles. The topological polar surface area (TPSA) is 84.1 Å². The first-order valence-corrected chi connectivity index (χ1v) is 5.77. The highest BCUT2D eigenvalue weighted by Crippen LogP contribution is 2.32. The first-order chi connectivity index (χ1) is 8.15. The maximum atomic E-state index is 11.7.